The first-order chi connectivity index (χ1) is 9.74. The van der Waals surface area contributed by atoms with Crippen molar-refractivity contribution >= 4 is 22.4 Å². The number of carbonyl (C=O) groups is 1. The van der Waals surface area contributed by atoms with Crippen LogP contribution in [0.15, 0.2) is 35.7 Å². The van der Waals surface area contributed by atoms with Crippen LogP contribution in [0.25, 0.3) is 0 Å². The first-order valence-corrected chi connectivity index (χ1v) is 7.26. The van der Waals surface area contributed by atoms with Crippen LogP contribution >= 0.6 is 11.3 Å². The fraction of sp³-hybridized carbons (Fsp3) is 0.286. The number of thiazole rings is 1. The van der Waals surface area contributed by atoms with Gasteiger partial charge in [0.15, 0.2) is 5.13 Å². The molecule has 0 aliphatic carbocycles. The van der Waals surface area contributed by atoms with Crippen molar-refractivity contribution in [1.82, 2.24) is 10.3 Å². The number of hydrogen-bond donors (Lipinski definition) is 2. The molecule has 0 aliphatic heterocycles. The molecule has 1 aromatic heterocycles. The molecule has 5 nitrogen and oxygen atoms in total. The molecule has 6 heteroatoms. The van der Waals surface area contributed by atoms with Crippen molar-refractivity contribution in [3.8, 4) is 5.75 Å². The summed E-state index contributed by atoms with van der Waals surface area (Å²) in [7, 11) is 0. The van der Waals surface area contributed by atoms with Crippen LogP contribution in [0.3, 0.4) is 0 Å². The lowest BCUT2D eigenvalue weighted by Crippen LogP contribution is -2.27. The van der Waals surface area contributed by atoms with Crippen LogP contribution in [0.1, 0.15) is 12.1 Å². The Morgan fingerprint density at radius 1 is 1.35 bits per heavy atom. The molecule has 0 fully saturated rings. The van der Waals surface area contributed by atoms with E-state index in [2.05, 4.69) is 10.3 Å². The molecule has 0 saturated carbocycles. The molecule has 0 unspecified atom stereocenters. The van der Waals surface area contributed by atoms with Crippen molar-refractivity contribution in [1.29, 1.82) is 0 Å². The maximum Gasteiger partial charge on any atom is 0.226 e. The van der Waals surface area contributed by atoms with Crippen molar-refractivity contribution in [2.45, 2.75) is 12.8 Å². The third-order valence-corrected chi connectivity index (χ3v) is 3.29. The molecule has 20 heavy (non-hydrogen) atoms. The fourth-order valence-electron chi connectivity index (χ4n) is 1.64. The van der Waals surface area contributed by atoms with Gasteiger partial charge < -0.3 is 15.8 Å². The first kappa shape index (κ1) is 14.3. The minimum atomic E-state index is -0.0463. The van der Waals surface area contributed by atoms with E-state index in [0.717, 1.165) is 12.2 Å². The number of nitrogen functional groups attached to an aromatic ring is 1. The summed E-state index contributed by atoms with van der Waals surface area (Å²) in [6.45, 7) is 1.17. The number of aromatic nitrogens is 1. The average Bonchev–Trinajstić information content (AvgIpc) is 2.85. The quantitative estimate of drug-likeness (QED) is 0.763. The van der Waals surface area contributed by atoms with Gasteiger partial charge in [0, 0.05) is 11.9 Å². The normalized spacial score (nSPS) is 10.2. The van der Waals surface area contributed by atoms with E-state index in [9.17, 15) is 4.79 Å². The SMILES string of the molecule is Nc1nc(CC(=O)NCCCOc2ccccc2)cs1. The van der Waals surface area contributed by atoms with E-state index in [-0.39, 0.29) is 12.3 Å². The topological polar surface area (TPSA) is 77.2 Å². The van der Waals surface area contributed by atoms with Gasteiger partial charge in [-0.3, -0.25) is 4.79 Å². The number of benzene rings is 1. The lowest BCUT2D eigenvalue weighted by Gasteiger charge is -2.06. The molecule has 1 aromatic carbocycles. The Balaban J connectivity index is 1.58. The highest BCUT2D eigenvalue weighted by Gasteiger charge is 2.05. The van der Waals surface area contributed by atoms with Gasteiger partial charge in [-0.2, -0.15) is 0 Å². The van der Waals surface area contributed by atoms with Crippen LogP contribution in [-0.2, 0) is 11.2 Å². The van der Waals surface area contributed by atoms with Gasteiger partial charge in [0.05, 0.1) is 18.7 Å². The number of anilines is 1. The third-order valence-electron chi connectivity index (χ3n) is 2.57. The smallest absolute Gasteiger partial charge is 0.226 e. The molecule has 1 amide bonds. The van der Waals surface area contributed by atoms with Crippen molar-refractivity contribution in [2.75, 3.05) is 18.9 Å². The van der Waals surface area contributed by atoms with E-state index in [0.29, 0.717) is 24.0 Å². The molecule has 0 spiro atoms. The van der Waals surface area contributed by atoms with Crippen molar-refractivity contribution in [3.63, 3.8) is 0 Å². The van der Waals surface area contributed by atoms with Gasteiger partial charge in [0.1, 0.15) is 5.75 Å². The van der Waals surface area contributed by atoms with E-state index in [1.54, 1.807) is 5.38 Å². The minimum absolute atomic E-state index is 0.0463. The molecule has 0 bridgehead atoms. The predicted octanol–water partition coefficient (Wildman–Crippen LogP) is 1.85. The second-order valence-corrected chi connectivity index (χ2v) is 5.11. The van der Waals surface area contributed by atoms with E-state index >= 15 is 0 Å². The molecule has 0 atom stereocenters. The lowest BCUT2D eigenvalue weighted by atomic mass is 10.3. The minimum Gasteiger partial charge on any atom is -0.494 e. The highest BCUT2D eigenvalue weighted by atomic mass is 32.1. The zero-order valence-corrected chi connectivity index (χ0v) is 11.9. The summed E-state index contributed by atoms with van der Waals surface area (Å²) < 4.78 is 5.53. The summed E-state index contributed by atoms with van der Waals surface area (Å²) in [5, 5.41) is 5.12. The molecule has 2 aromatic rings. The third kappa shape index (κ3) is 4.89. The number of nitrogens with two attached hydrogens (primary N) is 1. The van der Waals surface area contributed by atoms with Crippen LogP contribution < -0.4 is 15.8 Å². The second kappa shape index (κ2) is 7.49. The molecule has 0 saturated heterocycles. The summed E-state index contributed by atoms with van der Waals surface area (Å²) >= 11 is 1.34. The lowest BCUT2D eigenvalue weighted by molar-refractivity contribution is -0.120. The summed E-state index contributed by atoms with van der Waals surface area (Å²) in [6, 6.07) is 9.61. The van der Waals surface area contributed by atoms with Crippen LogP contribution in [0.4, 0.5) is 5.13 Å². The monoisotopic (exact) mass is 291 g/mol. The first-order valence-electron chi connectivity index (χ1n) is 6.38. The average molecular weight is 291 g/mol. The number of para-hydroxylation sites is 1. The number of hydrogen-bond acceptors (Lipinski definition) is 5. The number of rotatable bonds is 7. The summed E-state index contributed by atoms with van der Waals surface area (Å²) in [6.07, 6.45) is 1.03. The number of ether oxygens (including phenoxy) is 1. The molecule has 0 radical (unpaired) electrons. The molecule has 0 aliphatic rings. The van der Waals surface area contributed by atoms with Gasteiger partial charge in [-0.25, -0.2) is 4.98 Å². The summed E-state index contributed by atoms with van der Waals surface area (Å²) in [5.41, 5.74) is 6.22. The Bertz CT molecular complexity index is 542. The number of nitrogens with one attached hydrogen (secondary N) is 1. The van der Waals surface area contributed by atoms with Gasteiger partial charge in [-0.1, -0.05) is 18.2 Å². The molecule has 1 heterocycles. The Morgan fingerprint density at radius 3 is 2.85 bits per heavy atom. The van der Waals surface area contributed by atoms with E-state index in [1.165, 1.54) is 11.3 Å². The Kier molecular flexibility index (Phi) is 5.37. The molecular formula is C14H17N3O2S. The van der Waals surface area contributed by atoms with E-state index < -0.39 is 0 Å². The molecule has 106 valence electrons. The van der Waals surface area contributed by atoms with Crippen molar-refractivity contribution in [2.24, 2.45) is 0 Å². The zero-order valence-electron chi connectivity index (χ0n) is 11.0. The van der Waals surface area contributed by atoms with E-state index in [1.807, 2.05) is 30.3 Å². The Labute approximate surface area is 121 Å². The van der Waals surface area contributed by atoms with Gasteiger partial charge in [0.25, 0.3) is 0 Å². The van der Waals surface area contributed by atoms with E-state index in [4.69, 9.17) is 10.5 Å². The number of carbonyl (C=O) groups excluding carboxylic acids is 1. The van der Waals surface area contributed by atoms with Crippen LogP contribution in [0, 0.1) is 0 Å². The van der Waals surface area contributed by atoms with Crippen molar-refractivity contribution < 1.29 is 9.53 Å². The predicted molar refractivity (Wildman–Crippen MR) is 79.8 cm³/mol. The standard InChI is InChI=1S/C14H17N3O2S/c15-14-17-11(10-20-14)9-13(18)16-7-4-8-19-12-5-2-1-3-6-12/h1-3,5-6,10H,4,7-9H2,(H2,15,17)(H,16,18). The zero-order chi connectivity index (χ0) is 14.2. The fourth-order valence-corrected chi connectivity index (χ4v) is 2.20. The maximum atomic E-state index is 11.6. The van der Waals surface area contributed by atoms with Gasteiger partial charge in [-0.15, -0.1) is 11.3 Å². The van der Waals surface area contributed by atoms with Crippen LogP contribution in [0.2, 0.25) is 0 Å². The van der Waals surface area contributed by atoms with Crippen molar-refractivity contribution in [3.05, 3.63) is 41.4 Å². The number of amides is 1. The van der Waals surface area contributed by atoms with Crippen LogP contribution in [0.5, 0.6) is 5.75 Å². The Morgan fingerprint density at radius 2 is 2.15 bits per heavy atom. The number of nitrogens with zero attached hydrogens (tertiary/aromatic N) is 1. The second-order valence-electron chi connectivity index (χ2n) is 4.22. The summed E-state index contributed by atoms with van der Waals surface area (Å²) in [4.78, 5) is 15.7. The Hall–Kier alpha value is -2.08. The van der Waals surface area contributed by atoms with Gasteiger partial charge in [0.2, 0.25) is 5.91 Å². The highest BCUT2D eigenvalue weighted by molar-refractivity contribution is 7.13. The highest BCUT2D eigenvalue weighted by Crippen LogP contribution is 2.11. The summed E-state index contributed by atoms with van der Waals surface area (Å²) in [5.74, 6) is 0.798. The molecule has 3 N–H and O–H groups in total. The van der Waals surface area contributed by atoms with Crippen LogP contribution in [-0.4, -0.2) is 24.0 Å². The van der Waals surface area contributed by atoms with Gasteiger partial charge in [-0.05, 0) is 18.6 Å². The van der Waals surface area contributed by atoms with Gasteiger partial charge >= 0.3 is 0 Å². The molecular weight excluding hydrogens is 274 g/mol. The molecule has 2 rings (SSSR count). The largest absolute Gasteiger partial charge is 0.494 e. The maximum absolute atomic E-state index is 11.6.